The van der Waals surface area contributed by atoms with Crippen molar-refractivity contribution in [2.24, 2.45) is 0 Å². The summed E-state index contributed by atoms with van der Waals surface area (Å²) in [5.74, 6) is -0.0467. The molecule has 0 aliphatic heterocycles. The maximum Gasteiger partial charge on any atom is 0.220 e. The molecular formula is C33H63NO3. The number of hydrogen-bond acceptors (Lipinski definition) is 3. The van der Waals surface area contributed by atoms with Gasteiger partial charge in [-0.2, -0.15) is 0 Å². The van der Waals surface area contributed by atoms with Crippen LogP contribution in [0.1, 0.15) is 162 Å². The van der Waals surface area contributed by atoms with E-state index in [4.69, 9.17) is 0 Å². The van der Waals surface area contributed by atoms with Crippen molar-refractivity contribution in [3.05, 3.63) is 24.3 Å². The summed E-state index contributed by atoms with van der Waals surface area (Å²) in [5, 5.41) is 22.6. The van der Waals surface area contributed by atoms with Gasteiger partial charge in [0.15, 0.2) is 0 Å². The summed E-state index contributed by atoms with van der Waals surface area (Å²) in [6.07, 6.45) is 35.5. The Balaban J connectivity index is 3.48. The van der Waals surface area contributed by atoms with E-state index >= 15 is 0 Å². The third kappa shape index (κ3) is 26.3. The molecule has 0 rings (SSSR count). The summed E-state index contributed by atoms with van der Waals surface area (Å²) in [6.45, 7) is 4.22. The molecule has 0 radical (unpaired) electrons. The molecule has 0 aromatic heterocycles. The minimum atomic E-state index is -0.654. The van der Waals surface area contributed by atoms with Crippen LogP contribution in [0, 0.1) is 0 Å². The van der Waals surface area contributed by atoms with Crippen LogP contribution in [-0.4, -0.2) is 34.9 Å². The summed E-state index contributed by atoms with van der Waals surface area (Å²) in [5.41, 5.74) is 0. The first-order valence-electron chi connectivity index (χ1n) is 16.0. The highest BCUT2D eigenvalue weighted by atomic mass is 16.3. The molecule has 37 heavy (non-hydrogen) atoms. The lowest BCUT2D eigenvalue weighted by atomic mass is 10.0. The predicted octanol–water partition coefficient (Wildman–Crippen LogP) is 8.95. The van der Waals surface area contributed by atoms with E-state index in [0.29, 0.717) is 12.8 Å². The van der Waals surface area contributed by atoms with Crippen LogP contribution in [0.25, 0.3) is 0 Å². The summed E-state index contributed by atoms with van der Waals surface area (Å²) in [4.78, 5) is 12.2. The number of carbonyl (C=O) groups is 1. The molecular weight excluding hydrogens is 458 g/mol. The zero-order chi connectivity index (χ0) is 27.2. The molecule has 218 valence electrons. The van der Waals surface area contributed by atoms with E-state index in [1.54, 1.807) is 0 Å². The smallest absolute Gasteiger partial charge is 0.220 e. The molecule has 1 amide bonds. The first kappa shape index (κ1) is 35.9. The summed E-state index contributed by atoms with van der Waals surface area (Å²) >= 11 is 0. The Morgan fingerprint density at radius 1 is 0.649 bits per heavy atom. The first-order valence-corrected chi connectivity index (χ1v) is 16.0. The van der Waals surface area contributed by atoms with Crippen molar-refractivity contribution < 1.29 is 15.0 Å². The van der Waals surface area contributed by atoms with Crippen LogP contribution in [0.2, 0.25) is 0 Å². The molecule has 0 aliphatic rings. The van der Waals surface area contributed by atoms with Crippen LogP contribution in [0.3, 0.4) is 0 Å². The quantitative estimate of drug-likeness (QED) is 0.0711. The number of aliphatic hydroxyl groups is 2. The molecule has 0 aromatic carbocycles. The second kappa shape index (κ2) is 29.4. The van der Waals surface area contributed by atoms with E-state index < -0.39 is 12.1 Å². The van der Waals surface area contributed by atoms with Crippen molar-refractivity contribution in [2.75, 3.05) is 6.61 Å². The Bertz CT molecular complexity index is 532. The summed E-state index contributed by atoms with van der Waals surface area (Å²) in [7, 11) is 0. The standard InChI is InChI=1S/C33H63NO3/c1-3-5-7-9-10-11-12-13-14-15-16-17-18-19-20-21-22-23-24-25-27-29-33(37)34-31(30-35)32(36)28-26-8-6-4-2/h12-13,15-16,31-32,35-36H,3-11,14,17-30H2,1-2H3,(H,34,37)/b13-12-,16-15-. The van der Waals surface area contributed by atoms with Gasteiger partial charge in [-0.15, -0.1) is 0 Å². The number of unbranched alkanes of at least 4 members (excludes halogenated alkanes) is 17. The Labute approximate surface area is 230 Å². The fraction of sp³-hybridized carbons (Fsp3) is 0.848. The number of carbonyl (C=O) groups excluding carboxylic acids is 1. The van der Waals surface area contributed by atoms with Gasteiger partial charge in [0, 0.05) is 6.42 Å². The van der Waals surface area contributed by atoms with Gasteiger partial charge in [0.05, 0.1) is 18.8 Å². The highest BCUT2D eigenvalue weighted by Gasteiger charge is 2.19. The Hall–Kier alpha value is -1.13. The van der Waals surface area contributed by atoms with Crippen molar-refractivity contribution in [3.63, 3.8) is 0 Å². The van der Waals surface area contributed by atoms with Crippen LogP contribution in [0.4, 0.5) is 0 Å². The molecule has 2 atom stereocenters. The number of nitrogens with one attached hydrogen (secondary N) is 1. The lowest BCUT2D eigenvalue weighted by Gasteiger charge is -2.22. The Kier molecular flexibility index (Phi) is 28.5. The van der Waals surface area contributed by atoms with Crippen LogP contribution in [-0.2, 0) is 4.79 Å². The first-order chi connectivity index (χ1) is 18.2. The normalized spacial score (nSPS) is 13.5. The molecule has 0 saturated carbocycles. The number of hydrogen-bond donors (Lipinski definition) is 3. The molecule has 0 bridgehead atoms. The fourth-order valence-corrected chi connectivity index (χ4v) is 4.68. The zero-order valence-corrected chi connectivity index (χ0v) is 24.7. The van der Waals surface area contributed by atoms with Crippen LogP contribution >= 0.6 is 0 Å². The van der Waals surface area contributed by atoms with Crippen molar-refractivity contribution in [1.82, 2.24) is 5.32 Å². The van der Waals surface area contributed by atoms with Crippen LogP contribution in [0.15, 0.2) is 24.3 Å². The van der Waals surface area contributed by atoms with Gasteiger partial charge in [0.1, 0.15) is 0 Å². The zero-order valence-electron chi connectivity index (χ0n) is 24.7. The van der Waals surface area contributed by atoms with E-state index in [1.165, 1.54) is 89.9 Å². The average Bonchev–Trinajstić information content (AvgIpc) is 2.90. The Morgan fingerprint density at radius 3 is 1.62 bits per heavy atom. The van der Waals surface area contributed by atoms with Gasteiger partial charge in [-0.3, -0.25) is 4.79 Å². The molecule has 0 aromatic rings. The van der Waals surface area contributed by atoms with Crippen molar-refractivity contribution >= 4 is 5.91 Å². The lowest BCUT2D eigenvalue weighted by Crippen LogP contribution is -2.45. The van der Waals surface area contributed by atoms with Gasteiger partial charge in [-0.25, -0.2) is 0 Å². The maximum absolute atomic E-state index is 12.2. The number of amides is 1. The van der Waals surface area contributed by atoms with Gasteiger partial charge < -0.3 is 15.5 Å². The lowest BCUT2D eigenvalue weighted by molar-refractivity contribution is -0.123. The second-order valence-corrected chi connectivity index (χ2v) is 10.9. The topological polar surface area (TPSA) is 69.6 Å². The van der Waals surface area contributed by atoms with E-state index in [9.17, 15) is 15.0 Å². The fourth-order valence-electron chi connectivity index (χ4n) is 4.68. The molecule has 4 nitrogen and oxygen atoms in total. The van der Waals surface area contributed by atoms with Crippen LogP contribution < -0.4 is 5.32 Å². The summed E-state index contributed by atoms with van der Waals surface area (Å²) in [6, 6.07) is -0.531. The van der Waals surface area contributed by atoms with E-state index in [0.717, 1.165) is 44.9 Å². The summed E-state index contributed by atoms with van der Waals surface area (Å²) < 4.78 is 0. The van der Waals surface area contributed by atoms with Crippen LogP contribution in [0.5, 0.6) is 0 Å². The minimum Gasteiger partial charge on any atom is -0.394 e. The molecule has 2 unspecified atom stereocenters. The van der Waals surface area contributed by atoms with E-state index in [1.807, 2.05) is 0 Å². The third-order valence-corrected chi connectivity index (χ3v) is 7.22. The minimum absolute atomic E-state index is 0.0467. The Morgan fingerprint density at radius 2 is 1.11 bits per heavy atom. The maximum atomic E-state index is 12.2. The van der Waals surface area contributed by atoms with E-state index in [-0.39, 0.29) is 12.5 Å². The molecule has 0 spiro atoms. The third-order valence-electron chi connectivity index (χ3n) is 7.22. The van der Waals surface area contributed by atoms with Gasteiger partial charge in [0.2, 0.25) is 5.91 Å². The van der Waals surface area contributed by atoms with Gasteiger partial charge >= 0.3 is 0 Å². The van der Waals surface area contributed by atoms with Crippen molar-refractivity contribution in [3.8, 4) is 0 Å². The number of rotatable bonds is 28. The largest absolute Gasteiger partial charge is 0.394 e. The molecule has 0 heterocycles. The SMILES string of the molecule is CCCCCCC/C=C\C/C=C\CCCCCCCCCCCC(=O)NC(CO)C(O)CCCCCC. The number of allylic oxidation sites excluding steroid dienone is 4. The molecule has 3 N–H and O–H groups in total. The number of aliphatic hydroxyl groups excluding tert-OH is 2. The second-order valence-electron chi connectivity index (χ2n) is 10.9. The highest BCUT2D eigenvalue weighted by Crippen LogP contribution is 2.13. The highest BCUT2D eigenvalue weighted by molar-refractivity contribution is 5.76. The molecule has 0 aliphatic carbocycles. The monoisotopic (exact) mass is 521 g/mol. The average molecular weight is 522 g/mol. The van der Waals surface area contributed by atoms with Crippen molar-refractivity contribution in [1.29, 1.82) is 0 Å². The molecule has 4 heteroatoms. The van der Waals surface area contributed by atoms with Crippen molar-refractivity contribution in [2.45, 2.75) is 174 Å². The predicted molar refractivity (Wildman–Crippen MR) is 161 cm³/mol. The van der Waals surface area contributed by atoms with Gasteiger partial charge in [-0.1, -0.05) is 134 Å². The van der Waals surface area contributed by atoms with Gasteiger partial charge in [-0.05, 0) is 44.9 Å². The van der Waals surface area contributed by atoms with E-state index in [2.05, 4.69) is 43.5 Å². The molecule has 0 saturated heterocycles. The molecule has 0 fully saturated rings. The van der Waals surface area contributed by atoms with Gasteiger partial charge in [0.25, 0.3) is 0 Å².